The molecule has 0 spiro atoms. The van der Waals surface area contributed by atoms with Crippen LogP contribution in [0.1, 0.15) is 27.7 Å². The molecule has 0 aromatic heterocycles. The van der Waals surface area contributed by atoms with E-state index in [2.05, 4.69) is 58.9 Å². The van der Waals surface area contributed by atoms with Crippen molar-refractivity contribution in [1.82, 2.24) is 5.09 Å². The number of benzene rings is 4. The maximum absolute atomic E-state index is 5.90. The molecule has 0 unspecified atom stereocenters. The Morgan fingerprint density at radius 3 is 1.93 bits per heavy atom. The smallest absolute Gasteiger partial charge is 0.289 e. The molecule has 0 atom stereocenters. The van der Waals surface area contributed by atoms with Gasteiger partial charge in [0.05, 0.1) is 12.2 Å². The van der Waals surface area contributed by atoms with Crippen LogP contribution in [0.25, 0.3) is 32.3 Å². The SMILES string of the molecule is CC(C)OP(=S)(NC(=S)Nc1ccc2ccc3cccc4ccc1c2c34)OC(C)C. The summed E-state index contributed by atoms with van der Waals surface area (Å²) in [7, 11) is 0. The summed E-state index contributed by atoms with van der Waals surface area (Å²) in [4.78, 5) is 0. The average molecular weight is 457 g/mol. The fraction of sp³-hybridized carbons (Fsp3) is 0.261. The molecule has 4 nitrogen and oxygen atoms in total. The standard InChI is InChI=1S/C23H25N2O2PS2/c1-14(2)26-28(30,27-15(3)4)25-23(29)24-20-13-11-18-9-8-16-6-5-7-17-10-12-19(20)22(18)21(16)17/h5-15H,1-4H3,(H2,24,25,29,30). The van der Waals surface area contributed by atoms with Crippen molar-refractivity contribution in [3.05, 3.63) is 54.6 Å². The van der Waals surface area contributed by atoms with E-state index in [4.69, 9.17) is 33.1 Å². The Balaban J connectivity index is 1.69. The monoisotopic (exact) mass is 456 g/mol. The third kappa shape index (κ3) is 4.29. The minimum absolute atomic E-state index is 0.0700. The van der Waals surface area contributed by atoms with Gasteiger partial charge in [-0.15, -0.1) is 0 Å². The molecule has 0 radical (unpaired) electrons. The van der Waals surface area contributed by atoms with E-state index in [1.54, 1.807) is 0 Å². The molecular weight excluding hydrogens is 431 g/mol. The normalized spacial score (nSPS) is 12.5. The molecule has 156 valence electrons. The summed E-state index contributed by atoms with van der Waals surface area (Å²) < 4.78 is 11.8. The number of hydrogen-bond donors (Lipinski definition) is 2. The Morgan fingerprint density at radius 1 is 0.800 bits per heavy atom. The van der Waals surface area contributed by atoms with E-state index in [1.165, 1.54) is 26.9 Å². The zero-order valence-electron chi connectivity index (χ0n) is 17.4. The van der Waals surface area contributed by atoms with Crippen molar-refractivity contribution < 1.29 is 9.05 Å². The van der Waals surface area contributed by atoms with Gasteiger partial charge in [0.25, 0.3) is 6.64 Å². The highest BCUT2D eigenvalue weighted by atomic mass is 32.5. The van der Waals surface area contributed by atoms with Crippen molar-refractivity contribution in [2.75, 3.05) is 5.32 Å². The van der Waals surface area contributed by atoms with E-state index in [9.17, 15) is 0 Å². The Kier molecular flexibility index (Phi) is 5.97. The summed E-state index contributed by atoms with van der Waals surface area (Å²) in [6, 6.07) is 19.2. The lowest BCUT2D eigenvalue weighted by Gasteiger charge is -2.28. The van der Waals surface area contributed by atoms with Crippen LogP contribution in [-0.2, 0) is 20.9 Å². The van der Waals surface area contributed by atoms with Gasteiger partial charge in [0.1, 0.15) is 0 Å². The number of anilines is 1. The first-order valence-corrected chi connectivity index (χ1v) is 13.0. The number of rotatable bonds is 6. The van der Waals surface area contributed by atoms with E-state index in [0.717, 1.165) is 11.1 Å². The topological polar surface area (TPSA) is 42.5 Å². The van der Waals surface area contributed by atoms with Crippen LogP contribution in [0.2, 0.25) is 0 Å². The quantitative estimate of drug-likeness (QED) is 0.186. The lowest BCUT2D eigenvalue weighted by Crippen LogP contribution is -2.29. The van der Waals surface area contributed by atoms with Crippen molar-refractivity contribution in [1.29, 1.82) is 0 Å². The van der Waals surface area contributed by atoms with Crippen LogP contribution >= 0.6 is 18.9 Å². The van der Waals surface area contributed by atoms with Gasteiger partial charge in [-0.3, -0.25) is 5.09 Å². The third-order valence-electron chi connectivity index (χ3n) is 4.71. The Hall–Kier alpha value is -1.82. The van der Waals surface area contributed by atoms with Gasteiger partial charge in [-0.25, -0.2) is 0 Å². The minimum Gasteiger partial charge on any atom is -0.332 e. The number of nitrogens with one attached hydrogen (secondary N) is 2. The van der Waals surface area contributed by atoms with Crippen LogP contribution in [0.4, 0.5) is 5.69 Å². The summed E-state index contributed by atoms with van der Waals surface area (Å²) in [6.07, 6.45) is -0.140. The molecule has 4 aromatic carbocycles. The molecule has 0 aliphatic heterocycles. The Morgan fingerprint density at radius 2 is 1.33 bits per heavy atom. The second-order valence-corrected chi connectivity index (χ2v) is 11.3. The van der Waals surface area contributed by atoms with Crippen LogP contribution in [0.15, 0.2) is 54.6 Å². The molecule has 0 heterocycles. The van der Waals surface area contributed by atoms with E-state index in [-0.39, 0.29) is 12.2 Å². The number of hydrogen-bond acceptors (Lipinski definition) is 4. The molecule has 2 N–H and O–H groups in total. The lowest BCUT2D eigenvalue weighted by atomic mass is 9.93. The van der Waals surface area contributed by atoms with E-state index >= 15 is 0 Å². The Bertz CT molecular complexity index is 1240. The van der Waals surface area contributed by atoms with Gasteiger partial charge in [0.15, 0.2) is 5.11 Å². The molecule has 30 heavy (non-hydrogen) atoms. The van der Waals surface area contributed by atoms with E-state index < -0.39 is 6.64 Å². The number of thiocarbonyl (C=S) groups is 1. The summed E-state index contributed by atoms with van der Waals surface area (Å²) in [5, 5.41) is 14.1. The molecule has 4 aromatic rings. The maximum Gasteiger partial charge on any atom is 0.289 e. The summed E-state index contributed by atoms with van der Waals surface area (Å²) in [5.41, 5.74) is 0.925. The largest absolute Gasteiger partial charge is 0.332 e. The van der Waals surface area contributed by atoms with Gasteiger partial charge in [0, 0.05) is 11.1 Å². The van der Waals surface area contributed by atoms with Gasteiger partial charge in [-0.05, 0) is 84.7 Å². The molecule has 0 saturated carbocycles. The zero-order chi connectivity index (χ0) is 21.5. The first kappa shape index (κ1) is 21.4. The fourth-order valence-electron chi connectivity index (χ4n) is 3.75. The summed E-state index contributed by atoms with van der Waals surface area (Å²) in [6.45, 7) is 4.98. The van der Waals surface area contributed by atoms with E-state index in [0.29, 0.717) is 5.11 Å². The summed E-state index contributed by atoms with van der Waals surface area (Å²) in [5.74, 6) is 0. The fourth-order valence-corrected chi connectivity index (χ4v) is 7.27. The molecule has 4 rings (SSSR count). The van der Waals surface area contributed by atoms with Crippen molar-refractivity contribution in [2.24, 2.45) is 0 Å². The van der Waals surface area contributed by atoms with E-state index in [1.807, 2.05) is 33.8 Å². The lowest BCUT2D eigenvalue weighted by molar-refractivity contribution is 0.172. The molecule has 0 saturated heterocycles. The molecule has 0 aliphatic rings. The minimum atomic E-state index is -2.76. The molecule has 0 aliphatic carbocycles. The molecule has 7 heteroatoms. The highest BCUT2D eigenvalue weighted by Gasteiger charge is 2.24. The average Bonchev–Trinajstić information content (AvgIpc) is 2.65. The van der Waals surface area contributed by atoms with Crippen LogP contribution in [0.3, 0.4) is 0 Å². The van der Waals surface area contributed by atoms with Gasteiger partial charge in [0.2, 0.25) is 0 Å². The van der Waals surface area contributed by atoms with Crippen LogP contribution in [-0.4, -0.2) is 17.3 Å². The second-order valence-electron chi connectivity index (χ2n) is 7.84. The highest BCUT2D eigenvalue weighted by Crippen LogP contribution is 2.47. The summed E-state index contributed by atoms with van der Waals surface area (Å²) >= 11 is 11.3. The van der Waals surface area contributed by atoms with Crippen LogP contribution in [0.5, 0.6) is 0 Å². The van der Waals surface area contributed by atoms with Crippen molar-refractivity contribution in [3.63, 3.8) is 0 Å². The molecule has 0 amide bonds. The van der Waals surface area contributed by atoms with Gasteiger partial charge >= 0.3 is 0 Å². The van der Waals surface area contributed by atoms with Crippen molar-refractivity contribution >= 4 is 73.8 Å². The predicted octanol–water partition coefficient (Wildman–Crippen LogP) is 6.94. The van der Waals surface area contributed by atoms with Crippen molar-refractivity contribution in [3.8, 4) is 0 Å². The van der Waals surface area contributed by atoms with Crippen LogP contribution in [0, 0.1) is 0 Å². The third-order valence-corrected chi connectivity index (χ3v) is 7.76. The second kappa shape index (κ2) is 8.37. The van der Waals surface area contributed by atoms with Crippen LogP contribution < -0.4 is 10.4 Å². The molecule has 0 fully saturated rings. The molecule has 0 bridgehead atoms. The Labute approximate surface area is 187 Å². The van der Waals surface area contributed by atoms with Gasteiger partial charge < -0.3 is 14.4 Å². The predicted molar refractivity (Wildman–Crippen MR) is 136 cm³/mol. The first-order valence-electron chi connectivity index (χ1n) is 9.98. The first-order chi connectivity index (χ1) is 14.3. The van der Waals surface area contributed by atoms with Gasteiger partial charge in [-0.2, -0.15) is 0 Å². The molecular formula is C23H25N2O2PS2. The van der Waals surface area contributed by atoms with Crippen molar-refractivity contribution in [2.45, 2.75) is 39.9 Å². The van der Waals surface area contributed by atoms with Gasteiger partial charge in [-0.1, -0.05) is 48.5 Å². The highest BCUT2D eigenvalue weighted by molar-refractivity contribution is 8.09. The zero-order valence-corrected chi connectivity index (χ0v) is 20.0. The maximum atomic E-state index is 5.90.